The third-order valence-corrected chi connectivity index (χ3v) is 2.08. The van der Waals surface area contributed by atoms with E-state index in [1.807, 2.05) is 10.6 Å². The number of nitrogens with one attached hydrogen (secondary N) is 2. The van der Waals surface area contributed by atoms with Crippen molar-refractivity contribution in [3.8, 4) is 0 Å². The first-order valence-corrected chi connectivity index (χ1v) is 4.04. The van der Waals surface area contributed by atoms with Gasteiger partial charge in [-0.25, -0.2) is 4.79 Å². The van der Waals surface area contributed by atoms with Gasteiger partial charge < -0.3 is 16.2 Å². The zero-order valence-corrected chi connectivity index (χ0v) is 7.57. The molecule has 1 rings (SSSR count). The van der Waals surface area contributed by atoms with Crippen LogP contribution in [-0.4, -0.2) is 34.5 Å². The lowest BCUT2D eigenvalue weighted by molar-refractivity contribution is -0.138. The highest BCUT2D eigenvalue weighted by atomic mass is 16.4. The largest absolute Gasteiger partial charge is 0.481 e. The molecule has 8 heteroatoms. The predicted molar refractivity (Wildman–Crippen MR) is 45.5 cm³/mol. The topological polar surface area (TPSA) is 139 Å². The van der Waals surface area contributed by atoms with Crippen molar-refractivity contribution < 1.29 is 24.3 Å². The number of amides is 4. The highest BCUT2D eigenvalue weighted by Crippen LogP contribution is 2.17. The number of carbonyl (C=O) groups is 4. The van der Waals surface area contributed by atoms with Crippen molar-refractivity contribution in [3.63, 3.8) is 0 Å². The number of carboxylic acids is 1. The summed E-state index contributed by atoms with van der Waals surface area (Å²) in [6, 6.07) is -0.857. The van der Waals surface area contributed by atoms with Crippen LogP contribution in [0.25, 0.3) is 0 Å². The molecule has 0 spiro atoms. The number of rotatable bonds is 4. The number of hydrogen-bond acceptors (Lipinski definition) is 4. The summed E-state index contributed by atoms with van der Waals surface area (Å²) in [4.78, 5) is 43.5. The molecule has 5 N–H and O–H groups in total. The van der Waals surface area contributed by atoms with E-state index in [9.17, 15) is 19.2 Å². The molecule has 0 aromatic heterocycles. The Balaban J connectivity index is 2.89. The van der Waals surface area contributed by atoms with Crippen LogP contribution in [0.2, 0.25) is 0 Å². The van der Waals surface area contributed by atoms with Gasteiger partial charge in [0.15, 0.2) is 0 Å². The van der Waals surface area contributed by atoms with E-state index in [2.05, 4.69) is 0 Å². The molecule has 1 aliphatic rings. The second kappa shape index (κ2) is 3.56. The van der Waals surface area contributed by atoms with E-state index >= 15 is 0 Å². The van der Waals surface area contributed by atoms with Gasteiger partial charge in [0.25, 0.3) is 11.8 Å². The summed E-state index contributed by atoms with van der Waals surface area (Å²) in [5.74, 6) is -3.18. The van der Waals surface area contributed by atoms with Crippen LogP contribution in [0.3, 0.4) is 0 Å². The molecule has 0 saturated carbocycles. The maximum atomic E-state index is 11.3. The molecule has 0 bridgehead atoms. The molecule has 0 aromatic rings. The maximum Gasteiger partial charge on any atom is 0.322 e. The Labute approximate surface area is 83.8 Å². The van der Waals surface area contributed by atoms with Gasteiger partial charge >= 0.3 is 12.0 Å². The summed E-state index contributed by atoms with van der Waals surface area (Å²) in [6.07, 6.45) is -0.814. The fraction of sp³-hybridized carbons (Fsp3) is 0.429. The predicted octanol–water partition coefficient (Wildman–Crippen LogP) is -2.09. The molecule has 0 aliphatic carbocycles. The van der Waals surface area contributed by atoms with Gasteiger partial charge in [-0.15, -0.1) is 0 Å². The van der Waals surface area contributed by atoms with Crippen molar-refractivity contribution in [2.45, 2.75) is 18.4 Å². The maximum absolute atomic E-state index is 11.3. The van der Waals surface area contributed by atoms with E-state index < -0.39 is 35.8 Å². The quantitative estimate of drug-likeness (QED) is 0.314. The van der Waals surface area contributed by atoms with Crippen molar-refractivity contribution in [1.82, 2.24) is 10.6 Å². The summed E-state index contributed by atoms with van der Waals surface area (Å²) < 4.78 is 0. The van der Waals surface area contributed by atoms with Gasteiger partial charge in [-0.2, -0.15) is 0 Å². The molecule has 0 radical (unpaired) electrons. The van der Waals surface area contributed by atoms with Crippen molar-refractivity contribution in [2.24, 2.45) is 5.73 Å². The van der Waals surface area contributed by atoms with Crippen LogP contribution in [0.4, 0.5) is 4.79 Å². The van der Waals surface area contributed by atoms with E-state index in [1.54, 1.807) is 0 Å². The van der Waals surface area contributed by atoms with E-state index in [0.717, 1.165) is 0 Å². The van der Waals surface area contributed by atoms with Crippen LogP contribution in [0.15, 0.2) is 0 Å². The van der Waals surface area contributed by atoms with Crippen LogP contribution >= 0.6 is 0 Å². The van der Waals surface area contributed by atoms with Crippen LogP contribution in [0.5, 0.6) is 0 Å². The van der Waals surface area contributed by atoms with E-state index in [0.29, 0.717) is 0 Å². The summed E-state index contributed by atoms with van der Waals surface area (Å²) >= 11 is 0. The number of imide groups is 1. The first-order valence-electron chi connectivity index (χ1n) is 4.04. The SMILES string of the molecule is NC(=O)C1(CCC(=O)O)NC(=O)NC1=O. The Hall–Kier alpha value is -2.12. The molecule has 0 aromatic carbocycles. The Morgan fingerprint density at radius 2 is 2.00 bits per heavy atom. The minimum absolute atomic E-state index is 0.366. The number of carboxylic acid groups (broad SMARTS) is 1. The molecule has 1 atom stereocenters. The van der Waals surface area contributed by atoms with Crippen LogP contribution in [0.1, 0.15) is 12.8 Å². The zero-order valence-electron chi connectivity index (χ0n) is 7.57. The third-order valence-electron chi connectivity index (χ3n) is 2.08. The molecular formula is C7H9N3O5. The highest BCUT2D eigenvalue weighted by molar-refractivity contribution is 6.19. The highest BCUT2D eigenvalue weighted by Gasteiger charge is 2.51. The number of nitrogens with two attached hydrogens (primary N) is 1. The number of primary amides is 1. The van der Waals surface area contributed by atoms with Gasteiger partial charge in [0.05, 0.1) is 0 Å². The lowest BCUT2D eigenvalue weighted by Gasteiger charge is -2.20. The Kier molecular flexibility index (Phi) is 2.60. The normalized spacial score (nSPS) is 24.5. The zero-order chi connectivity index (χ0) is 11.6. The first kappa shape index (κ1) is 11.0. The van der Waals surface area contributed by atoms with Crippen molar-refractivity contribution in [1.29, 1.82) is 0 Å². The van der Waals surface area contributed by atoms with E-state index in [-0.39, 0.29) is 6.42 Å². The average Bonchev–Trinajstić information content (AvgIpc) is 2.38. The lowest BCUT2D eigenvalue weighted by Crippen LogP contribution is -2.57. The van der Waals surface area contributed by atoms with Crippen molar-refractivity contribution >= 4 is 23.8 Å². The molecule has 1 fully saturated rings. The smallest absolute Gasteiger partial charge is 0.322 e. The van der Waals surface area contributed by atoms with Gasteiger partial charge in [-0.3, -0.25) is 19.7 Å². The average molecular weight is 215 g/mol. The number of aliphatic carboxylic acids is 1. The third kappa shape index (κ3) is 1.87. The van der Waals surface area contributed by atoms with Gasteiger partial charge in [0.1, 0.15) is 0 Å². The molecule has 1 aliphatic heterocycles. The first-order chi connectivity index (χ1) is 6.88. The summed E-state index contributed by atoms with van der Waals surface area (Å²) in [6.45, 7) is 0. The monoisotopic (exact) mass is 215 g/mol. The van der Waals surface area contributed by atoms with Gasteiger partial charge in [-0.1, -0.05) is 0 Å². The molecule has 8 nitrogen and oxygen atoms in total. The minimum Gasteiger partial charge on any atom is -0.481 e. The summed E-state index contributed by atoms with van der Waals surface area (Å²) in [7, 11) is 0. The van der Waals surface area contributed by atoms with Gasteiger partial charge in [0.2, 0.25) is 5.54 Å². The second-order valence-corrected chi connectivity index (χ2v) is 3.07. The molecular weight excluding hydrogens is 206 g/mol. The molecule has 15 heavy (non-hydrogen) atoms. The molecule has 1 unspecified atom stereocenters. The summed E-state index contributed by atoms with van der Waals surface area (Å²) in [5, 5.41) is 12.3. The van der Waals surface area contributed by atoms with E-state index in [1.165, 1.54) is 0 Å². The second-order valence-electron chi connectivity index (χ2n) is 3.07. The Bertz CT molecular complexity index is 353. The van der Waals surface area contributed by atoms with Crippen molar-refractivity contribution in [2.75, 3.05) is 0 Å². The van der Waals surface area contributed by atoms with Gasteiger partial charge in [-0.05, 0) is 6.42 Å². The Morgan fingerprint density at radius 3 is 2.33 bits per heavy atom. The van der Waals surface area contributed by atoms with E-state index in [4.69, 9.17) is 10.8 Å². The van der Waals surface area contributed by atoms with Crippen LogP contribution < -0.4 is 16.4 Å². The standard InChI is InChI=1S/C7H9N3O5/c8-4(13)7(2-1-3(11)12)5(14)9-6(15)10-7/h1-2H2,(H2,8,13)(H,11,12)(H2,9,10,14,15). The summed E-state index contributed by atoms with van der Waals surface area (Å²) in [5.41, 5.74) is 3.03. The minimum atomic E-state index is -1.94. The molecule has 1 heterocycles. The van der Waals surface area contributed by atoms with Crippen LogP contribution in [-0.2, 0) is 14.4 Å². The van der Waals surface area contributed by atoms with Gasteiger partial charge in [0, 0.05) is 6.42 Å². The number of urea groups is 1. The molecule has 1 saturated heterocycles. The fourth-order valence-corrected chi connectivity index (χ4v) is 1.26. The van der Waals surface area contributed by atoms with Crippen LogP contribution in [0, 0.1) is 0 Å². The lowest BCUT2D eigenvalue weighted by atomic mass is 9.93. The van der Waals surface area contributed by atoms with Crippen molar-refractivity contribution in [3.05, 3.63) is 0 Å². The fourth-order valence-electron chi connectivity index (χ4n) is 1.26. The molecule has 4 amide bonds. The number of hydrogen-bond donors (Lipinski definition) is 4. The number of carbonyl (C=O) groups excluding carboxylic acids is 3. The Morgan fingerprint density at radius 1 is 1.40 bits per heavy atom. The molecule has 82 valence electrons.